The van der Waals surface area contributed by atoms with E-state index in [1.165, 1.54) is 0 Å². The van der Waals surface area contributed by atoms with Crippen molar-refractivity contribution in [3.8, 4) is 5.69 Å². The first-order valence-corrected chi connectivity index (χ1v) is 8.62. The van der Waals surface area contributed by atoms with Crippen molar-refractivity contribution in [1.29, 1.82) is 0 Å². The molecule has 0 aliphatic carbocycles. The molecular formula is C18H24Cl2N4O. The summed E-state index contributed by atoms with van der Waals surface area (Å²) < 4.78 is 1.88. The summed E-state index contributed by atoms with van der Waals surface area (Å²) in [4.78, 5) is 14.5. The predicted molar refractivity (Wildman–Crippen MR) is 103 cm³/mol. The van der Waals surface area contributed by atoms with Crippen LogP contribution in [0, 0.1) is 13.8 Å². The molecular weight excluding hydrogens is 359 g/mol. The molecule has 1 saturated heterocycles. The summed E-state index contributed by atoms with van der Waals surface area (Å²) >= 11 is 5.96. The van der Waals surface area contributed by atoms with Crippen molar-refractivity contribution in [3.05, 3.63) is 46.2 Å². The van der Waals surface area contributed by atoms with Crippen molar-refractivity contribution < 1.29 is 4.79 Å². The van der Waals surface area contributed by atoms with Crippen LogP contribution in [0.15, 0.2) is 24.3 Å². The van der Waals surface area contributed by atoms with Crippen molar-refractivity contribution in [2.45, 2.75) is 32.7 Å². The van der Waals surface area contributed by atoms with E-state index in [0.717, 1.165) is 42.1 Å². The van der Waals surface area contributed by atoms with Gasteiger partial charge in [0.25, 0.3) is 0 Å². The number of benzene rings is 1. The largest absolute Gasteiger partial charge is 0.341 e. The minimum absolute atomic E-state index is 0. The van der Waals surface area contributed by atoms with Gasteiger partial charge in [-0.1, -0.05) is 11.6 Å². The first-order chi connectivity index (χ1) is 11.5. The van der Waals surface area contributed by atoms with Crippen molar-refractivity contribution in [3.63, 3.8) is 0 Å². The van der Waals surface area contributed by atoms with Gasteiger partial charge in [0, 0.05) is 35.9 Å². The van der Waals surface area contributed by atoms with Gasteiger partial charge in [-0.25, -0.2) is 4.68 Å². The number of nitrogens with one attached hydrogen (secondary N) is 1. The fourth-order valence-electron chi connectivity index (χ4n) is 3.21. The molecule has 0 spiro atoms. The lowest BCUT2D eigenvalue weighted by molar-refractivity contribution is -0.130. The van der Waals surface area contributed by atoms with E-state index in [4.69, 9.17) is 11.6 Å². The molecule has 7 heteroatoms. The quantitative estimate of drug-likeness (QED) is 0.883. The van der Waals surface area contributed by atoms with Crippen LogP contribution < -0.4 is 5.32 Å². The molecule has 0 saturated carbocycles. The molecule has 1 aliphatic heterocycles. The highest BCUT2D eigenvalue weighted by molar-refractivity contribution is 6.30. The van der Waals surface area contributed by atoms with Gasteiger partial charge in [0.05, 0.1) is 17.8 Å². The lowest BCUT2D eigenvalue weighted by atomic mass is 10.1. The maximum Gasteiger partial charge on any atom is 0.227 e. The third-order valence-electron chi connectivity index (χ3n) is 4.82. The van der Waals surface area contributed by atoms with Gasteiger partial charge in [0.15, 0.2) is 0 Å². The van der Waals surface area contributed by atoms with Crippen LogP contribution in [-0.2, 0) is 11.2 Å². The van der Waals surface area contributed by atoms with Crippen LogP contribution in [0.4, 0.5) is 0 Å². The monoisotopic (exact) mass is 382 g/mol. The molecule has 1 aliphatic rings. The summed E-state index contributed by atoms with van der Waals surface area (Å²) in [6.45, 7) is 5.83. The lowest BCUT2D eigenvalue weighted by Gasteiger charge is -2.23. The second-order valence-electron chi connectivity index (χ2n) is 6.37. The number of likely N-dealkylation sites (N-methyl/N-ethyl adjacent to an activating group) is 1. The molecule has 1 atom stereocenters. The zero-order valence-electron chi connectivity index (χ0n) is 14.8. The van der Waals surface area contributed by atoms with Gasteiger partial charge < -0.3 is 10.2 Å². The second kappa shape index (κ2) is 8.21. The van der Waals surface area contributed by atoms with Crippen LogP contribution in [0.5, 0.6) is 0 Å². The molecule has 1 unspecified atom stereocenters. The predicted octanol–water partition coefficient (Wildman–Crippen LogP) is 2.93. The van der Waals surface area contributed by atoms with E-state index in [-0.39, 0.29) is 18.3 Å². The van der Waals surface area contributed by atoms with Crippen LogP contribution in [0.3, 0.4) is 0 Å². The number of aromatic nitrogens is 2. The van der Waals surface area contributed by atoms with Gasteiger partial charge in [0.1, 0.15) is 0 Å². The number of aryl methyl sites for hydroxylation is 1. The molecule has 1 aromatic carbocycles. The van der Waals surface area contributed by atoms with E-state index in [1.807, 2.05) is 54.7 Å². The van der Waals surface area contributed by atoms with Crippen molar-refractivity contribution >= 4 is 29.9 Å². The summed E-state index contributed by atoms with van der Waals surface area (Å²) in [5, 5.41) is 8.61. The smallest absolute Gasteiger partial charge is 0.227 e. The Morgan fingerprint density at radius 2 is 2.04 bits per heavy atom. The first kappa shape index (κ1) is 19.8. The second-order valence-corrected chi connectivity index (χ2v) is 6.80. The molecule has 0 radical (unpaired) electrons. The molecule has 3 rings (SSSR count). The Bertz CT molecular complexity index is 736. The highest BCUT2D eigenvalue weighted by Gasteiger charge is 2.25. The van der Waals surface area contributed by atoms with Gasteiger partial charge in [-0.05, 0) is 51.1 Å². The van der Waals surface area contributed by atoms with Crippen molar-refractivity contribution in [2.75, 3.05) is 20.1 Å². The Balaban J connectivity index is 0.00000225. The highest BCUT2D eigenvalue weighted by atomic mass is 35.5. The fourth-order valence-corrected chi connectivity index (χ4v) is 3.34. The number of amides is 1. The third kappa shape index (κ3) is 4.17. The fraction of sp³-hybridized carbons (Fsp3) is 0.444. The topological polar surface area (TPSA) is 50.2 Å². The van der Waals surface area contributed by atoms with Crippen LogP contribution in [-0.4, -0.2) is 46.8 Å². The van der Waals surface area contributed by atoms with Crippen molar-refractivity contribution in [2.24, 2.45) is 0 Å². The van der Waals surface area contributed by atoms with E-state index < -0.39 is 0 Å². The van der Waals surface area contributed by atoms with Gasteiger partial charge in [-0.3, -0.25) is 4.79 Å². The lowest BCUT2D eigenvalue weighted by Crippen LogP contribution is -2.39. The molecule has 0 bridgehead atoms. The number of nitrogens with zero attached hydrogens (tertiary/aromatic N) is 3. The van der Waals surface area contributed by atoms with E-state index in [1.54, 1.807) is 0 Å². The number of carbonyl (C=O) groups is 1. The summed E-state index contributed by atoms with van der Waals surface area (Å²) in [6.07, 6.45) is 1.41. The van der Waals surface area contributed by atoms with E-state index in [9.17, 15) is 4.79 Å². The Labute approximate surface area is 159 Å². The molecule has 136 valence electrons. The molecule has 1 N–H and O–H groups in total. The number of rotatable bonds is 4. The van der Waals surface area contributed by atoms with Gasteiger partial charge in [0.2, 0.25) is 5.91 Å². The third-order valence-corrected chi connectivity index (χ3v) is 5.07. The molecule has 1 fully saturated rings. The average Bonchev–Trinajstić information content (AvgIpc) is 3.19. The molecule has 2 heterocycles. The molecule has 2 aromatic rings. The first-order valence-electron chi connectivity index (χ1n) is 8.25. The average molecular weight is 383 g/mol. The number of carbonyl (C=O) groups excluding carboxylic acids is 1. The molecule has 1 amide bonds. The Hall–Kier alpha value is -1.56. The summed E-state index contributed by atoms with van der Waals surface area (Å²) in [7, 11) is 1.90. The molecule has 25 heavy (non-hydrogen) atoms. The molecule has 1 aromatic heterocycles. The van der Waals surface area contributed by atoms with E-state index >= 15 is 0 Å². The zero-order valence-corrected chi connectivity index (χ0v) is 16.3. The minimum atomic E-state index is 0. The Morgan fingerprint density at radius 3 is 2.64 bits per heavy atom. The summed E-state index contributed by atoms with van der Waals surface area (Å²) in [5.41, 5.74) is 3.86. The van der Waals surface area contributed by atoms with Gasteiger partial charge in [-0.15, -0.1) is 12.4 Å². The van der Waals surface area contributed by atoms with Gasteiger partial charge >= 0.3 is 0 Å². The maximum absolute atomic E-state index is 12.6. The van der Waals surface area contributed by atoms with Crippen LogP contribution in [0.25, 0.3) is 5.69 Å². The maximum atomic E-state index is 12.6. The van der Waals surface area contributed by atoms with E-state index in [2.05, 4.69) is 10.4 Å². The zero-order chi connectivity index (χ0) is 17.3. The minimum Gasteiger partial charge on any atom is -0.341 e. The van der Waals surface area contributed by atoms with Gasteiger partial charge in [-0.2, -0.15) is 5.10 Å². The normalized spacial score (nSPS) is 16.6. The summed E-state index contributed by atoms with van der Waals surface area (Å²) in [5.74, 6) is 0.144. The van der Waals surface area contributed by atoms with E-state index in [0.29, 0.717) is 17.5 Å². The number of hydrogen-bond donors (Lipinski definition) is 1. The van der Waals surface area contributed by atoms with Crippen LogP contribution in [0.1, 0.15) is 23.4 Å². The Morgan fingerprint density at radius 1 is 1.36 bits per heavy atom. The number of hydrogen-bond acceptors (Lipinski definition) is 3. The van der Waals surface area contributed by atoms with Crippen LogP contribution >= 0.6 is 24.0 Å². The number of halogens is 2. The highest BCUT2D eigenvalue weighted by Crippen LogP contribution is 2.21. The van der Waals surface area contributed by atoms with Crippen molar-refractivity contribution in [1.82, 2.24) is 20.0 Å². The standard InChI is InChI=1S/C18H23ClN4O.ClH/c1-12-17(10-18(24)22(3)16-8-9-20-11-16)13(2)23(21-12)15-6-4-14(19)5-7-15;/h4-7,16,20H,8-11H2,1-3H3;1H. The van der Waals surface area contributed by atoms with Crippen LogP contribution in [0.2, 0.25) is 5.02 Å². The SMILES string of the molecule is Cc1nn(-c2ccc(Cl)cc2)c(C)c1CC(=O)N(C)C1CCNC1.Cl. The Kier molecular flexibility index (Phi) is 6.49. The molecule has 5 nitrogen and oxygen atoms in total. The summed E-state index contributed by atoms with van der Waals surface area (Å²) in [6, 6.07) is 7.86.